The summed E-state index contributed by atoms with van der Waals surface area (Å²) in [7, 11) is 4.01. The molecule has 86 valence electrons. The summed E-state index contributed by atoms with van der Waals surface area (Å²) >= 11 is 0. The van der Waals surface area contributed by atoms with Gasteiger partial charge >= 0.3 is 0 Å². The van der Waals surface area contributed by atoms with E-state index in [0.717, 1.165) is 12.4 Å². The SMILES string of the molecule is Cc1cccc2c(N(C)CCN)nn(C)c12. The van der Waals surface area contributed by atoms with Crippen LogP contribution >= 0.6 is 0 Å². The van der Waals surface area contributed by atoms with Gasteiger partial charge in [-0.25, -0.2) is 0 Å². The molecule has 0 amide bonds. The van der Waals surface area contributed by atoms with Crippen molar-refractivity contribution in [3.8, 4) is 0 Å². The Labute approximate surface area is 95.6 Å². The maximum atomic E-state index is 5.57. The molecule has 16 heavy (non-hydrogen) atoms. The van der Waals surface area contributed by atoms with Gasteiger partial charge in [0, 0.05) is 32.6 Å². The third-order valence-corrected chi connectivity index (χ3v) is 2.87. The summed E-state index contributed by atoms with van der Waals surface area (Å²) in [6.07, 6.45) is 0. The third kappa shape index (κ3) is 1.65. The van der Waals surface area contributed by atoms with Crippen LogP contribution in [0.3, 0.4) is 0 Å². The van der Waals surface area contributed by atoms with Gasteiger partial charge in [-0.3, -0.25) is 4.68 Å². The van der Waals surface area contributed by atoms with Crippen LogP contribution in [0.15, 0.2) is 18.2 Å². The fourth-order valence-electron chi connectivity index (χ4n) is 2.10. The van der Waals surface area contributed by atoms with Crippen molar-refractivity contribution in [1.82, 2.24) is 9.78 Å². The first-order valence-corrected chi connectivity index (χ1v) is 5.48. The van der Waals surface area contributed by atoms with E-state index in [2.05, 4.69) is 35.1 Å². The molecule has 4 nitrogen and oxygen atoms in total. The highest BCUT2D eigenvalue weighted by atomic mass is 15.3. The van der Waals surface area contributed by atoms with Gasteiger partial charge in [0.15, 0.2) is 5.82 Å². The van der Waals surface area contributed by atoms with E-state index >= 15 is 0 Å². The predicted octanol–water partition coefficient (Wildman–Crippen LogP) is 1.28. The smallest absolute Gasteiger partial charge is 0.158 e. The van der Waals surface area contributed by atoms with Gasteiger partial charge in [0.1, 0.15) is 0 Å². The maximum Gasteiger partial charge on any atom is 0.158 e. The molecule has 2 N–H and O–H groups in total. The molecule has 0 unspecified atom stereocenters. The lowest BCUT2D eigenvalue weighted by atomic mass is 10.1. The molecule has 0 saturated carbocycles. The molecule has 0 aliphatic carbocycles. The average molecular weight is 218 g/mol. The van der Waals surface area contributed by atoms with Crippen LogP contribution in [0.1, 0.15) is 5.56 Å². The zero-order valence-corrected chi connectivity index (χ0v) is 10.1. The highest BCUT2D eigenvalue weighted by Gasteiger charge is 2.12. The topological polar surface area (TPSA) is 47.1 Å². The number of hydrogen-bond donors (Lipinski definition) is 1. The van der Waals surface area contributed by atoms with Crippen LogP contribution < -0.4 is 10.6 Å². The molecule has 0 bridgehead atoms. The Bertz CT molecular complexity index is 501. The van der Waals surface area contributed by atoms with E-state index in [1.807, 2.05) is 18.8 Å². The van der Waals surface area contributed by atoms with Gasteiger partial charge in [0.05, 0.1) is 5.52 Å². The number of aromatic nitrogens is 2. The minimum atomic E-state index is 0.639. The van der Waals surface area contributed by atoms with Crippen molar-refractivity contribution < 1.29 is 0 Å². The number of rotatable bonds is 3. The normalized spacial score (nSPS) is 11.0. The third-order valence-electron chi connectivity index (χ3n) is 2.87. The fraction of sp³-hybridized carbons (Fsp3) is 0.417. The Hall–Kier alpha value is -1.55. The van der Waals surface area contributed by atoms with E-state index in [9.17, 15) is 0 Å². The average Bonchev–Trinajstić information content (AvgIpc) is 2.58. The summed E-state index contributed by atoms with van der Waals surface area (Å²) < 4.78 is 1.94. The molecule has 0 spiro atoms. The highest BCUT2D eigenvalue weighted by Crippen LogP contribution is 2.26. The second kappa shape index (κ2) is 4.14. The molecule has 0 atom stereocenters. The van der Waals surface area contributed by atoms with Crippen molar-refractivity contribution in [1.29, 1.82) is 0 Å². The van der Waals surface area contributed by atoms with E-state index < -0.39 is 0 Å². The van der Waals surface area contributed by atoms with Gasteiger partial charge in [0.2, 0.25) is 0 Å². The van der Waals surface area contributed by atoms with Crippen molar-refractivity contribution in [2.24, 2.45) is 12.8 Å². The molecule has 0 fully saturated rings. The Kier molecular flexibility index (Phi) is 2.83. The maximum absolute atomic E-state index is 5.57. The number of anilines is 1. The van der Waals surface area contributed by atoms with Crippen LogP contribution in [0.4, 0.5) is 5.82 Å². The number of aryl methyl sites for hydroxylation is 2. The summed E-state index contributed by atoms with van der Waals surface area (Å²) in [6, 6.07) is 6.29. The Morgan fingerprint density at radius 3 is 2.88 bits per heavy atom. The number of benzene rings is 1. The summed E-state index contributed by atoms with van der Waals surface area (Å²) in [4.78, 5) is 2.10. The number of para-hydroxylation sites is 1. The molecule has 1 aromatic heterocycles. The lowest BCUT2D eigenvalue weighted by Gasteiger charge is -2.14. The predicted molar refractivity (Wildman–Crippen MR) is 67.8 cm³/mol. The monoisotopic (exact) mass is 218 g/mol. The molecular formula is C12H18N4. The summed E-state index contributed by atoms with van der Waals surface area (Å²) in [5.41, 5.74) is 8.02. The standard InChI is InChI=1S/C12H18N4/c1-9-5-4-6-10-11(9)16(3)14-12(10)15(2)8-7-13/h4-6H,7-8,13H2,1-3H3. The zero-order valence-electron chi connectivity index (χ0n) is 10.1. The van der Waals surface area contributed by atoms with Crippen LogP contribution in [0.25, 0.3) is 10.9 Å². The molecule has 1 aromatic carbocycles. The molecule has 0 aliphatic heterocycles. The van der Waals surface area contributed by atoms with E-state index in [1.165, 1.54) is 16.5 Å². The first-order chi connectivity index (χ1) is 7.65. The number of fused-ring (bicyclic) bond motifs is 1. The van der Waals surface area contributed by atoms with Crippen LogP contribution in [-0.4, -0.2) is 29.9 Å². The molecular weight excluding hydrogens is 200 g/mol. The van der Waals surface area contributed by atoms with Gasteiger partial charge in [-0.1, -0.05) is 12.1 Å². The zero-order chi connectivity index (χ0) is 11.7. The van der Waals surface area contributed by atoms with E-state index in [0.29, 0.717) is 6.54 Å². The lowest BCUT2D eigenvalue weighted by molar-refractivity contribution is 0.771. The molecule has 4 heteroatoms. The van der Waals surface area contributed by atoms with E-state index in [4.69, 9.17) is 5.73 Å². The second-order valence-electron chi connectivity index (χ2n) is 4.13. The van der Waals surface area contributed by atoms with Crippen LogP contribution in [0.2, 0.25) is 0 Å². The Balaban J connectivity index is 2.59. The molecule has 1 heterocycles. The number of nitrogens with two attached hydrogens (primary N) is 1. The molecule has 2 rings (SSSR count). The van der Waals surface area contributed by atoms with Crippen LogP contribution in [0, 0.1) is 6.92 Å². The highest BCUT2D eigenvalue weighted by molar-refractivity contribution is 5.92. The van der Waals surface area contributed by atoms with Crippen LogP contribution in [-0.2, 0) is 7.05 Å². The Morgan fingerprint density at radius 2 is 2.19 bits per heavy atom. The fourth-order valence-corrected chi connectivity index (χ4v) is 2.10. The van der Waals surface area contributed by atoms with Crippen molar-refractivity contribution in [3.05, 3.63) is 23.8 Å². The quantitative estimate of drug-likeness (QED) is 0.844. The van der Waals surface area contributed by atoms with Crippen molar-refractivity contribution in [2.45, 2.75) is 6.92 Å². The molecule has 0 aliphatic rings. The second-order valence-corrected chi connectivity index (χ2v) is 4.13. The van der Waals surface area contributed by atoms with Crippen molar-refractivity contribution in [3.63, 3.8) is 0 Å². The van der Waals surface area contributed by atoms with E-state index in [-0.39, 0.29) is 0 Å². The number of hydrogen-bond acceptors (Lipinski definition) is 3. The summed E-state index contributed by atoms with van der Waals surface area (Å²) in [5, 5.41) is 5.75. The first-order valence-electron chi connectivity index (χ1n) is 5.48. The van der Waals surface area contributed by atoms with E-state index in [1.54, 1.807) is 0 Å². The molecule has 2 aromatic rings. The lowest BCUT2D eigenvalue weighted by Crippen LogP contribution is -2.25. The molecule has 0 saturated heterocycles. The van der Waals surface area contributed by atoms with Crippen molar-refractivity contribution >= 4 is 16.7 Å². The Morgan fingerprint density at radius 1 is 1.44 bits per heavy atom. The van der Waals surface area contributed by atoms with Gasteiger partial charge in [0.25, 0.3) is 0 Å². The summed E-state index contributed by atoms with van der Waals surface area (Å²) in [5.74, 6) is 1.01. The largest absolute Gasteiger partial charge is 0.356 e. The molecule has 0 radical (unpaired) electrons. The van der Waals surface area contributed by atoms with Gasteiger partial charge < -0.3 is 10.6 Å². The van der Waals surface area contributed by atoms with Gasteiger partial charge in [-0.05, 0) is 18.6 Å². The minimum Gasteiger partial charge on any atom is -0.356 e. The van der Waals surface area contributed by atoms with Crippen molar-refractivity contribution in [2.75, 3.05) is 25.0 Å². The van der Waals surface area contributed by atoms with Crippen LogP contribution in [0.5, 0.6) is 0 Å². The number of likely N-dealkylation sites (N-methyl/N-ethyl adjacent to an activating group) is 1. The van der Waals surface area contributed by atoms with Gasteiger partial charge in [-0.15, -0.1) is 0 Å². The number of nitrogens with zero attached hydrogens (tertiary/aromatic N) is 3. The first kappa shape index (κ1) is 11.0. The summed E-state index contributed by atoms with van der Waals surface area (Å²) in [6.45, 7) is 3.57. The van der Waals surface area contributed by atoms with Gasteiger partial charge in [-0.2, -0.15) is 5.10 Å². The minimum absolute atomic E-state index is 0.639.